The molecule has 4 atom stereocenters. The first-order valence-corrected chi connectivity index (χ1v) is 23.5. The predicted molar refractivity (Wildman–Crippen MR) is 239 cm³/mol. The summed E-state index contributed by atoms with van der Waals surface area (Å²) < 4.78 is 14.0. The van der Waals surface area contributed by atoms with E-state index in [9.17, 15) is 24.5 Å². The van der Waals surface area contributed by atoms with Crippen molar-refractivity contribution < 1.29 is 38.7 Å². The maximum Gasteiger partial charge on any atom is 0.455 e. The van der Waals surface area contributed by atoms with Gasteiger partial charge in [-0.2, -0.15) is 0 Å². The third kappa shape index (κ3) is 8.68. The number of fused-ring (bicyclic) bond motifs is 4. The zero-order valence-corrected chi connectivity index (χ0v) is 36.3. The summed E-state index contributed by atoms with van der Waals surface area (Å²) in [6, 6.07) is 32.4. The second kappa shape index (κ2) is 18.4. The first-order chi connectivity index (χ1) is 28.8. The lowest BCUT2D eigenvalue weighted by Crippen LogP contribution is -2.66. The summed E-state index contributed by atoms with van der Waals surface area (Å²) in [5, 5.41) is 34.8. The van der Waals surface area contributed by atoms with E-state index in [4.69, 9.17) is 14.2 Å². The first kappa shape index (κ1) is 43.3. The fraction of sp³-hybridized carbons (Fsp3) is 0.408. The summed E-state index contributed by atoms with van der Waals surface area (Å²) in [6.07, 6.45) is 5.95. The minimum atomic E-state index is -3.00. The Balaban J connectivity index is 1.26. The van der Waals surface area contributed by atoms with Gasteiger partial charge in [0, 0.05) is 18.4 Å². The molecule has 2 heterocycles. The standard InChI is InChI=1S/C49H58BNO8Si/c1-5-33(29-34-25-26-42(52)39-22-15-14-21-38(34)39)24-27-43-45-35(32-58-60(49(2,3)4,36-17-9-6-10-18-36)37-19-11-7-12-20-37)30-40-46(41(45)31-50(57)59-43)48(56)51(47(40)55)28-16-8-13-23-44(53)54/h6-7,9-12,14-15,17-22,25-26,29,40-41,43,46,52,57H,5,8,13,16,23-24,27-28,30-32H2,1-4H3,(H,53,54)/b33-29+/t40-,41+,43-,46-/m1/s1. The zero-order valence-electron chi connectivity index (χ0n) is 35.3. The third-order valence-corrected chi connectivity index (χ3v) is 18.0. The number of unbranched alkanes of at least 4 members (excludes halogenated alkanes) is 2. The minimum absolute atomic E-state index is 0.0525. The van der Waals surface area contributed by atoms with E-state index in [1.54, 1.807) is 6.07 Å². The van der Waals surface area contributed by atoms with Crippen LogP contribution in [0.15, 0.2) is 114 Å². The number of aliphatic carboxylic acids is 1. The number of phenols is 1. The summed E-state index contributed by atoms with van der Waals surface area (Å²) in [4.78, 5) is 41.2. The van der Waals surface area contributed by atoms with Crippen molar-refractivity contribution in [2.45, 2.75) is 96.5 Å². The lowest BCUT2D eigenvalue weighted by molar-refractivity contribution is -0.141. The molecular weight excluding hydrogens is 769 g/mol. The fourth-order valence-electron chi connectivity index (χ4n) is 10.2. The smallest absolute Gasteiger partial charge is 0.455 e. The maximum absolute atomic E-state index is 14.4. The summed E-state index contributed by atoms with van der Waals surface area (Å²) in [7, 11) is -4.11. The Morgan fingerprint density at radius 2 is 1.52 bits per heavy atom. The molecule has 3 aliphatic rings. The van der Waals surface area contributed by atoms with Crippen LogP contribution < -0.4 is 10.4 Å². The van der Waals surface area contributed by atoms with Gasteiger partial charge in [-0.1, -0.05) is 137 Å². The number of phenolic OH excluding ortho intramolecular Hbond substituents is 1. The van der Waals surface area contributed by atoms with Crippen molar-refractivity contribution in [3.05, 3.63) is 119 Å². The van der Waals surface area contributed by atoms with E-state index in [0.29, 0.717) is 38.5 Å². The first-order valence-electron chi connectivity index (χ1n) is 21.6. The summed E-state index contributed by atoms with van der Waals surface area (Å²) in [5.74, 6) is -2.62. The molecule has 9 nitrogen and oxygen atoms in total. The Bertz CT molecular complexity index is 2210. The van der Waals surface area contributed by atoms with Crippen LogP contribution in [0.3, 0.4) is 0 Å². The number of likely N-dealkylation sites (tertiary alicyclic amines) is 1. The number of benzene rings is 4. The molecule has 1 aliphatic carbocycles. The number of carboxylic acid groups (broad SMARTS) is 1. The van der Waals surface area contributed by atoms with E-state index >= 15 is 0 Å². The number of hydrogen-bond acceptors (Lipinski definition) is 7. The largest absolute Gasteiger partial charge is 0.507 e. The van der Waals surface area contributed by atoms with E-state index in [2.05, 4.69) is 82.3 Å². The summed E-state index contributed by atoms with van der Waals surface area (Å²) >= 11 is 0. The van der Waals surface area contributed by atoms with Gasteiger partial charge in [0.15, 0.2) is 0 Å². The highest BCUT2D eigenvalue weighted by molar-refractivity contribution is 6.99. The van der Waals surface area contributed by atoms with Crippen molar-refractivity contribution in [3.8, 4) is 5.75 Å². The van der Waals surface area contributed by atoms with Crippen molar-refractivity contribution in [2.24, 2.45) is 17.8 Å². The molecule has 314 valence electrons. The fourth-order valence-corrected chi connectivity index (χ4v) is 14.7. The number of hydrogen-bond donors (Lipinski definition) is 3. The molecule has 0 spiro atoms. The van der Waals surface area contributed by atoms with Crippen LogP contribution in [0.2, 0.25) is 11.4 Å². The Morgan fingerprint density at radius 1 is 0.867 bits per heavy atom. The molecule has 2 aliphatic heterocycles. The second-order valence-corrected chi connectivity index (χ2v) is 22.0. The normalized spacial score (nSPS) is 21.1. The average molecular weight is 828 g/mol. The van der Waals surface area contributed by atoms with Crippen LogP contribution in [0, 0.1) is 17.8 Å². The van der Waals surface area contributed by atoms with E-state index in [0.717, 1.165) is 44.3 Å². The number of carboxylic acids is 1. The number of nitrogens with zero attached hydrogens (tertiary/aromatic N) is 1. The van der Waals surface area contributed by atoms with Gasteiger partial charge in [0.25, 0.3) is 8.32 Å². The quantitative estimate of drug-likeness (QED) is 0.0447. The Hall–Kier alpha value is -4.81. The van der Waals surface area contributed by atoms with Gasteiger partial charge in [-0.15, -0.1) is 0 Å². The Morgan fingerprint density at radius 3 is 2.15 bits per heavy atom. The molecular formula is C49H58BNO8Si. The van der Waals surface area contributed by atoms with Crippen LogP contribution in [-0.2, 0) is 23.5 Å². The van der Waals surface area contributed by atoms with Gasteiger partial charge in [0.05, 0.1) is 24.5 Å². The number of imide groups is 1. The highest BCUT2D eigenvalue weighted by atomic mass is 28.4. The molecule has 0 saturated carbocycles. The molecule has 0 aromatic heterocycles. The van der Waals surface area contributed by atoms with Gasteiger partial charge in [-0.25, -0.2) is 0 Å². The number of carbonyl (C=O) groups is 3. The van der Waals surface area contributed by atoms with Crippen molar-refractivity contribution >= 4 is 60.4 Å². The predicted octanol–water partition coefficient (Wildman–Crippen LogP) is 8.14. The highest BCUT2D eigenvalue weighted by Crippen LogP contribution is 2.51. The zero-order chi connectivity index (χ0) is 42.6. The molecule has 7 rings (SSSR count). The molecule has 0 radical (unpaired) electrons. The number of amides is 2. The monoisotopic (exact) mass is 827 g/mol. The van der Waals surface area contributed by atoms with E-state index in [1.807, 2.05) is 42.5 Å². The molecule has 2 fully saturated rings. The lowest BCUT2D eigenvalue weighted by Gasteiger charge is -2.46. The van der Waals surface area contributed by atoms with Crippen LogP contribution in [0.5, 0.6) is 5.75 Å². The average Bonchev–Trinajstić information content (AvgIpc) is 3.47. The van der Waals surface area contributed by atoms with Crippen molar-refractivity contribution in [3.63, 3.8) is 0 Å². The van der Waals surface area contributed by atoms with Gasteiger partial charge in [0.2, 0.25) is 11.8 Å². The molecule has 11 heteroatoms. The topological polar surface area (TPSA) is 134 Å². The molecule has 60 heavy (non-hydrogen) atoms. The Kier molecular flexibility index (Phi) is 13.3. The van der Waals surface area contributed by atoms with E-state index in [1.165, 1.54) is 10.5 Å². The van der Waals surface area contributed by atoms with Gasteiger partial charge in [0.1, 0.15) is 5.75 Å². The van der Waals surface area contributed by atoms with Crippen LogP contribution in [0.25, 0.3) is 16.8 Å². The number of rotatable bonds is 16. The van der Waals surface area contributed by atoms with Gasteiger partial charge in [-0.05, 0) is 94.3 Å². The summed E-state index contributed by atoms with van der Waals surface area (Å²) in [6.45, 7) is 9.35. The van der Waals surface area contributed by atoms with Crippen LogP contribution in [-0.4, -0.2) is 72.6 Å². The van der Waals surface area contributed by atoms with Crippen molar-refractivity contribution in [2.75, 3.05) is 13.2 Å². The number of carbonyl (C=O) groups excluding carboxylic acids is 2. The number of allylic oxidation sites excluding steroid dienone is 1. The SMILES string of the molecule is CC/C(=C\c1ccc(O)c2ccccc12)CC[C@H]1OB(O)C[C@H]2C1=C(CO[Si](c1ccccc1)(c1ccccc1)C(C)(C)C)C[C@H]1C(=O)N(CCCCCC(=O)O)C(=O)[C@H]12. The highest BCUT2D eigenvalue weighted by Gasteiger charge is 2.58. The number of aromatic hydroxyl groups is 1. The molecule has 2 saturated heterocycles. The van der Waals surface area contributed by atoms with Crippen molar-refractivity contribution in [1.82, 2.24) is 4.90 Å². The lowest BCUT2D eigenvalue weighted by atomic mass is 9.58. The van der Waals surface area contributed by atoms with Gasteiger partial charge < -0.3 is 24.3 Å². The van der Waals surface area contributed by atoms with Gasteiger partial charge in [-0.3, -0.25) is 19.3 Å². The van der Waals surface area contributed by atoms with Crippen molar-refractivity contribution in [1.29, 1.82) is 0 Å². The molecule has 2 amide bonds. The van der Waals surface area contributed by atoms with Gasteiger partial charge >= 0.3 is 13.1 Å². The van der Waals surface area contributed by atoms with Crippen LogP contribution in [0.4, 0.5) is 0 Å². The Labute approximate surface area is 355 Å². The molecule has 3 N–H and O–H groups in total. The molecule has 0 unspecified atom stereocenters. The minimum Gasteiger partial charge on any atom is -0.507 e. The molecule has 4 aromatic rings. The molecule has 4 aromatic carbocycles. The van der Waals surface area contributed by atoms with E-state index in [-0.39, 0.29) is 48.5 Å². The third-order valence-electron chi connectivity index (χ3n) is 13.0. The second-order valence-electron chi connectivity index (χ2n) is 17.7. The van der Waals surface area contributed by atoms with Crippen LogP contribution >= 0.6 is 0 Å². The van der Waals surface area contributed by atoms with E-state index < -0.39 is 45.3 Å². The summed E-state index contributed by atoms with van der Waals surface area (Å²) in [5.41, 5.74) is 4.16. The maximum atomic E-state index is 14.4. The van der Waals surface area contributed by atoms with Crippen LogP contribution in [0.1, 0.15) is 84.6 Å². The molecule has 0 bridgehead atoms.